The minimum absolute atomic E-state index is 0.0244. The molecule has 0 aliphatic heterocycles. The van der Waals surface area contributed by atoms with Gasteiger partial charge in [-0.3, -0.25) is 14.5 Å². The standard InChI is InChI=1S/C19H25N3O2S/c1-14-7-9-15(10-8-14)19(16-6-5-11-25-16)20-17(23)12-22(4)13-18(24)21(2)3/h5-11,19H,12-13H2,1-4H3,(H,20,23). The lowest BCUT2D eigenvalue weighted by molar-refractivity contribution is -0.130. The van der Waals surface area contributed by atoms with Gasteiger partial charge in [-0.1, -0.05) is 35.9 Å². The fourth-order valence-electron chi connectivity index (χ4n) is 2.41. The van der Waals surface area contributed by atoms with Gasteiger partial charge >= 0.3 is 0 Å². The van der Waals surface area contributed by atoms with Gasteiger partial charge in [-0.15, -0.1) is 11.3 Å². The van der Waals surface area contributed by atoms with Crippen molar-refractivity contribution >= 4 is 23.2 Å². The number of likely N-dealkylation sites (N-methyl/N-ethyl adjacent to an activating group) is 2. The van der Waals surface area contributed by atoms with E-state index >= 15 is 0 Å². The number of thiophene rings is 1. The number of nitrogens with one attached hydrogen (secondary N) is 1. The first-order valence-electron chi connectivity index (χ1n) is 8.15. The van der Waals surface area contributed by atoms with Gasteiger partial charge in [-0.25, -0.2) is 0 Å². The lowest BCUT2D eigenvalue weighted by Gasteiger charge is -2.22. The van der Waals surface area contributed by atoms with Gasteiger partial charge in [0.15, 0.2) is 0 Å². The molecule has 0 saturated heterocycles. The minimum Gasteiger partial charge on any atom is -0.348 e. The lowest BCUT2D eigenvalue weighted by atomic mass is 10.0. The van der Waals surface area contributed by atoms with Crippen LogP contribution in [0, 0.1) is 6.92 Å². The summed E-state index contributed by atoms with van der Waals surface area (Å²) in [5.74, 6) is -0.128. The number of amides is 2. The Balaban J connectivity index is 2.05. The second-order valence-electron chi connectivity index (χ2n) is 6.39. The largest absolute Gasteiger partial charge is 0.348 e. The van der Waals surface area contributed by atoms with Gasteiger partial charge in [0, 0.05) is 19.0 Å². The molecule has 0 saturated carbocycles. The average molecular weight is 359 g/mol. The van der Waals surface area contributed by atoms with Crippen molar-refractivity contribution in [3.8, 4) is 0 Å². The molecule has 1 unspecified atom stereocenters. The first-order valence-corrected chi connectivity index (χ1v) is 9.03. The molecule has 1 N–H and O–H groups in total. The van der Waals surface area contributed by atoms with E-state index < -0.39 is 0 Å². The molecule has 1 heterocycles. The smallest absolute Gasteiger partial charge is 0.236 e. The van der Waals surface area contributed by atoms with Crippen LogP contribution in [0.15, 0.2) is 41.8 Å². The Labute approximate surface area is 153 Å². The molecule has 2 rings (SSSR count). The predicted molar refractivity (Wildman–Crippen MR) is 102 cm³/mol. The normalized spacial score (nSPS) is 12.0. The Morgan fingerprint density at radius 3 is 2.32 bits per heavy atom. The Bertz CT molecular complexity index is 696. The second-order valence-corrected chi connectivity index (χ2v) is 7.37. The van der Waals surface area contributed by atoms with Crippen molar-refractivity contribution in [2.75, 3.05) is 34.2 Å². The first-order chi connectivity index (χ1) is 11.9. The molecule has 0 aliphatic carbocycles. The summed E-state index contributed by atoms with van der Waals surface area (Å²) in [6, 6.07) is 12.0. The monoisotopic (exact) mass is 359 g/mol. The third kappa shape index (κ3) is 5.69. The molecule has 1 aromatic carbocycles. The van der Waals surface area contributed by atoms with Crippen LogP contribution in [-0.2, 0) is 9.59 Å². The lowest BCUT2D eigenvalue weighted by Crippen LogP contribution is -2.41. The maximum absolute atomic E-state index is 12.5. The van der Waals surface area contributed by atoms with Crippen LogP contribution in [0.2, 0.25) is 0 Å². The van der Waals surface area contributed by atoms with Crippen LogP contribution in [-0.4, -0.2) is 55.8 Å². The molecule has 25 heavy (non-hydrogen) atoms. The third-order valence-electron chi connectivity index (χ3n) is 3.86. The van der Waals surface area contributed by atoms with Crippen LogP contribution >= 0.6 is 11.3 Å². The number of nitrogens with zero attached hydrogens (tertiary/aromatic N) is 2. The third-order valence-corrected chi connectivity index (χ3v) is 4.80. The molecule has 1 aromatic heterocycles. The van der Waals surface area contributed by atoms with E-state index in [0.29, 0.717) is 0 Å². The number of hydrogen-bond donors (Lipinski definition) is 1. The molecule has 2 amide bonds. The molecule has 134 valence electrons. The van der Waals surface area contributed by atoms with Gasteiger partial charge in [0.05, 0.1) is 19.1 Å². The van der Waals surface area contributed by atoms with E-state index in [-0.39, 0.29) is 30.9 Å². The van der Waals surface area contributed by atoms with Gasteiger partial charge in [0.1, 0.15) is 0 Å². The summed E-state index contributed by atoms with van der Waals surface area (Å²) in [6.45, 7) is 2.43. The zero-order chi connectivity index (χ0) is 18.4. The van der Waals surface area contributed by atoms with Crippen molar-refractivity contribution in [1.82, 2.24) is 15.1 Å². The highest BCUT2D eigenvalue weighted by Crippen LogP contribution is 2.26. The summed E-state index contributed by atoms with van der Waals surface area (Å²) >= 11 is 1.62. The number of benzene rings is 1. The maximum atomic E-state index is 12.5. The number of carbonyl (C=O) groups is 2. The molecule has 1 atom stereocenters. The van der Waals surface area contributed by atoms with Crippen LogP contribution in [0.25, 0.3) is 0 Å². The van der Waals surface area contributed by atoms with Crippen molar-refractivity contribution in [2.45, 2.75) is 13.0 Å². The van der Waals surface area contributed by atoms with Gasteiger partial charge in [-0.05, 0) is 31.0 Å². The van der Waals surface area contributed by atoms with Crippen LogP contribution in [0.5, 0.6) is 0 Å². The molecular formula is C19H25N3O2S. The second kappa shape index (κ2) is 8.78. The van der Waals surface area contributed by atoms with E-state index in [2.05, 4.69) is 5.32 Å². The Morgan fingerprint density at radius 2 is 1.76 bits per heavy atom. The van der Waals surface area contributed by atoms with Gasteiger partial charge in [-0.2, -0.15) is 0 Å². The Kier molecular flexibility index (Phi) is 6.73. The van der Waals surface area contributed by atoms with E-state index in [1.165, 1.54) is 10.5 Å². The van der Waals surface area contributed by atoms with E-state index in [1.54, 1.807) is 37.4 Å². The Morgan fingerprint density at radius 1 is 1.08 bits per heavy atom. The summed E-state index contributed by atoms with van der Waals surface area (Å²) in [6.07, 6.45) is 0. The van der Waals surface area contributed by atoms with E-state index in [1.807, 2.05) is 48.7 Å². The van der Waals surface area contributed by atoms with Crippen LogP contribution in [0.3, 0.4) is 0 Å². The number of aryl methyl sites for hydroxylation is 1. The minimum atomic E-state index is -0.175. The van der Waals surface area contributed by atoms with Crippen molar-refractivity contribution in [3.63, 3.8) is 0 Å². The maximum Gasteiger partial charge on any atom is 0.236 e. The molecule has 0 spiro atoms. The molecule has 5 nitrogen and oxygen atoms in total. The number of hydrogen-bond acceptors (Lipinski definition) is 4. The van der Waals surface area contributed by atoms with E-state index in [9.17, 15) is 9.59 Å². The molecular weight excluding hydrogens is 334 g/mol. The van der Waals surface area contributed by atoms with Crippen LogP contribution in [0.4, 0.5) is 0 Å². The summed E-state index contributed by atoms with van der Waals surface area (Å²) in [7, 11) is 5.19. The number of rotatable bonds is 7. The van der Waals surface area contributed by atoms with Gasteiger partial charge in [0.2, 0.25) is 11.8 Å². The molecule has 0 bridgehead atoms. The summed E-state index contributed by atoms with van der Waals surface area (Å²) < 4.78 is 0. The van der Waals surface area contributed by atoms with E-state index in [0.717, 1.165) is 10.4 Å². The first kappa shape index (κ1) is 19.1. The van der Waals surface area contributed by atoms with Gasteiger partial charge < -0.3 is 10.2 Å². The molecule has 0 radical (unpaired) electrons. The highest BCUT2D eigenvalue weighted by Gasteiger charge is 2.19. The van der Waals surface area contributed by atoms with Crippen LogP contribution in [0.1, 0.15) is 22.0 Å². The SMILES string of the molecule is Cc1ccc(C(NC(=O)CN(C)CC(=O)N(C)C)c2cccs2)cc1. The quantitative estimate of drug-likeness (QED) is 0.825. The van der Waals surface area contributed by atoms with Crippen molar-refractivity contribution in [1.29, 1.82) is 0 Å². The fourth-order valence-corrected chi connectivity index (χ4v) is 3.22. The zero-order valence-corrected chi connectivity index (χ0v) is 16.0. The molecule has 0 aliphatic rings. The molecule has 2 aromatic rings. The highest BCUT2D eigenvalue weighted by atomic mass is 32.1. The van der Waals surface area contributed by atoms with Crippen LogP contribution < -0.4 is 5.32 Å². The van der Waals surface area contributed by atoms with Crippen molar-refractivity contribution in [2.24, 2.45) is 0 Å². The Hall–Kier alpha value is -2.18. The highest BCUT2D eigenvalue weighted by molar-refractivity contribution is 7.10. The molecule has 0 fully saturated rings. The summed E-state index contributed by atoms with van der Waals surface area (Å²) in [5.41, 5.74) is 2.23. The predicted octanol–water partition coefficient (Wildman–Crippen LogP) is 2.28. The van der Waals surface area contributed by atoms with Gasteiger partial charge in [0.25, 0.3) is 0 Å². The van der Waals surface area contributed by atoms with Crippen molar-refractivity contribution < 1.29 is 9.59 Å². The average Bonchev–Trinajstić information content (AvgIpc) is 3.07. The summed E-state index contributed by atoms with van der Waals surface area (Å²) in [4.78, 5) is 28.6. The van der Waals surface area contributed by atoms with Crippen molar-refractivity contribution in [3.05, 3.63) is 57.8 Å². The number of carbonyl (C=O) groups excluding carboxylic acids is 2. The topological polar surface area (TPSA) is 52.7 Å². The summed E-state index contributed by atoms with van der Waals surface area (Å²) in [5, 5.41) is 5.10. The van der Waals surface area contributed by atoms with E-state index in [4.69, 9.17) is 0 Å². The molecule has 6 heteroatoms. The fraction of sp³-hybridized carbons (Fsp3) is 0.368. The zero-order valence-electron chi connectivity index (χ0n) is 15.2.